The molecule has 4 rings (SSSR count). The number of phenolic OH excluding ortho intramolecular Hbond substituents is 1. The highest BCUT2D eigenvalue weighted by Gasteiger charge is 2.16. The van der Waals surface area contributed by atoms with Crippen molar-refractivity contribution in [2.45, 2.75) is 6.42 Å². The van der Waals surface area contributed by atoms with Crippen LogP contribution in [0.15, 0.2) is 84.9 Å². The van der Waals surface area contributed by atoms with E-state index in [1.54, 1.807) is 30.4 Å². The first-order valence-corrected chi connectivity index (χ1v) is 10.5. The van der Waals surface area contributed by atoms with Crippen molar-refractivity contribution in [3.63, 3.8) is 0 Å². The van der Waals surface area contributed by atoms with Crippen LogP contribution in [0.2, 0.25) is 0 Å². The highest BCUT2D eigenvalue weighted by Crippen LogP contribution is 2.28. The highest BCUT2D eigenvalue weighted by molar-refractivity contribution is 5.92. The van der Waals surface area contributed by atoms with E-state index in [-0.39, 0.29) is 11.7 Å². The Kier molecular flexibility index (Phi) is 6.56. The predicted molar refractivity (Wildman–Crippen MR) is 126 cm³/mol. The van der Waals surface area contributed by atoms with Crippen LogP contribution < -0.4 is 9.47 Å². The second kappa shape index (κ2) is 9.88. The minimum absolute atomic E-state index is 0.0426. The summed E-state index contributed by atoms with van der Waals surface area (Å²) in [7, 11) is 1.50. The second-order valence-electron chi connectivity index (χ2n) is 7.47. The van der Waals surface area contributed by atoms with Gasteiger partial charge < -0.3 is 19.5 Å². The van der Waals surface area contributed by atoms with E-state index in [4.69, 9.17) is 9.47 Å². The normalized spacial score (nSPS) is 13.7. The number of carbonyl (C=O) groups excluding carboxylic acids is 1. The zero-order valence-corrected chi connectivity index (χ0v) is 17.9. The van der Waals surface area contributed by atoms with E-state index >= 15 is 0 Å². The first-order chi connectivity index (χ1) is 15.6. The lowest BCUT2D eigenvalue weighted by Gasteiger charge is -2.25. The van der Waals surface area contributed by atoms with Gasteiger partial charge in [-0.25, -0.2) is 0 Å². The van der Waals surface area contributed by atoms with Crippen molar-refractivity contribution in [3.05, 3.63) is 96.1 Å². The zero-order valence-electron chi connectivity index (χ0n) is 17.9. The molecule has 0 unspecified atom stereocenters. The Bertz CT molecular complexity index is 1130. The number of methoxy groups -OCH3 is 1. The van der Waals surface area contributed by atoms with Crippen LogP contribution in [-0.4, -0.2) is 36.1 Å². The van der Waals surface area contributed by atoms with Gasteiger partial charge in [-0.05, 0) is 65.6 Å². The number of amides is 1. The van der Waals surface area contributed by atoms with Crippen molar-refractivity contribution >= 4 is 17.6 Å². The lowest BCUT2D eigenvalue weighted by atomic mass is 9.99. The number of aromatic hydroxyl groups is 1. The van der Waals surface area contributed by atoms with Gasteiger partial charge in [0.15, 0.2) is 11.5 Å². The van der Waals surface area contributed by atoms with Crippen molar-refractivity contribution in [3.8, 4) is 23.0 Å². The molecule has 1 heterocycles. The fourth-order valence-electron chi connectivity index (χ4n) is 3.56. The summed E-state index contributed by atoms with van der Waals surface area (Å²) in [5.74, 6) is 2.02. The zero-order chi connectivity index (χ0) is 22.3. The summed E-state index contributed by atoms with van der Waals surface area (Å²) in [5.41, 5.74) is 3.16. The molecule has 0 bridgehead atoms. The van der Waals surface area contributed by atoms with Crippen LogP contribution >= 0.6 is 0 Å². The minimum Gasteiger partial charge on any atom is -0.504 e. The quantitative estimate of drug-likeness (QED) is 0.526. The molecule has 1 aliphatic heterocycles. The van der Waals surface area contributed by atoms with Crippen LogP contribution in [-0.2, 0) is 4.79 Å². The fourth-order valence-corrected chi connectivity index (χ4v) is 3.56. The van der Waals surface area contributed by atoms with Crippen molar-refractivity contribution in [1.82, 2.24) is 4.90 Å². The van der Waals surface area contributed by atoms with Crippen LogP contribution in [0, 0.1) is 0 Å². The van der Waals surface area contributed by atoms with Gasteiger partial charge in [-0.15, -0.1) is 0 Å². The fraction of sp³-hybridized carbons (Fsp3) is 0.148. The number of ether oxygens (including phenoxy) is 2. The molecule has 1 N–H and O–H groups in total. The van der Waals surface area contributed by atoms with E-state index in [1.807, 2.05) is 47.4 Å². The predicted octanol–water partition coefficient (Wildman–Crippen LogP) is 5.52. The van der Waals surface area contributed by atoms with Crippen molar-refractivity contribution in [1.29, 1.82) is 0 Å². The van der Waals surface area contributed by atoms with Crippen LogP contribution in [0.1, 0.15) is 17.5 Å². The van der Waals surface area contributed by atoms with E-state index < -0.39 is 0 Å². The first kappa shape index (κ1) is 21.2. The molecule has 0 aromatic heterocycles. The smallest absolute Gasteiger partial charge is 0.246 e. The van der Waals surface area contributed by atoms with Gasteiger partial charge >= 0.3 is 0 Å². The average molecular weight is 428 g/mol. The maximum atomic E-state index is 12.6. The van der Waals surface area contributed by atoms with Crippen LogP contribution in [0.25, 0.3) is 11.6 Å². The molecule has 0 atom stereocenters. The van der Waals surface area contributed by atoms with Crippen LogP contribution in [0.5, 0.6) is 23.0 Å². The maximum Gasteiger partial charge on any atom is 0.246 e. The summed E-state index contributed by atoms with van der Waals surface area (Å²) in [6, 6.07) is 22.7. The van der Waals surface area contributed by atoms with Gasteiger partial charge in [0.1, 0.15) is 11.5 Å². The summed E-state index contributed by atoms with van der Waals surface area (Å²) in [4.78, 5) is 14.4. The molecule has 1 amide bonds. The summed E-state index contributed by atoms with van der Waals surface area (Å²) in [5, 5.41) is 9.68. The summed E-state index contributed by atoms with van der Waals surface area (Å²) in [6.45, 7) is 1.23. The number of benzene rings is 3. The Balaban J connectivity index is 1.35. The van der Waals surface area contributed by atoms with E-state index in [0.29, 0.717) is 18.8 Å². The number of hydrogen-bond acceptors (Lipinski definition) is 4. The molecule has 3 aromatic rings. The first-order valence-electron chi connectivity index (χ1n) is 10.5. The van der Waals surface area contributed by atoms with Gasteiger partial charge in [-0.3, -0.25) is 4.79 Å². The van der Waals surface area contributed by atoms with E-state index in [1.165, 1.54) is 12.7 Å². The topological polar surface area (TPSA) is 59.0 Å². The molecule has 0 spiro atoms. The minimum atomic E-state index is -0.0426. The van der Waals surface area contributed by atoms with Gasteiger partial charge in [0, 0.05) is 19.2 Å². The third-order valence-electron chi connectivity index (χ3n) is 5.35. The Morgan fingerprint density at radius 3 is 2.44 bits per heavy atom. The number of carbonyl (C=O) groups is 1. The van der Waals surface area contributed by atoms with Crippen LogP contribution in [0.3, 0.4) is 0 Å². The van der Waals surface area contributed by atoms with Gasteiger partial charge in [0.25, 0.3) is 0 Å². The Labute approximate surface area is 187 Å². The van der Waals surface area contributed by atoms with Crippen molar-refractivity contribution in [2.24, 2.45) is 0 Å². The molecule has 3 aromatic carbocycles. The summed E-state index contributed by atoms with van der Waals surface area (Å²) in [6.07, 6.45) is 6.19. The Morgan fingerprint density at radius 2 is 1.75 bits per heavy atom. The maximum absolute atomic E-state index is 12.6. The molecular formula is C27H25NO4. The molecule has 162 valence electrons. The Morgan fingerprint density at radius 1 is 1.00 bits per heavy atom. The number of rotatable bonds is 6. The lowest BCUT2D eigenvalue weighted by Crippen LogP contribution is -2.33. The molecule has 0 saturated carbocycles. The number of para-hydroxylation sites is 1. The SMILES string of the molecule is COc1cc(/C=C/C(=O)N2CC=C(c3ccc(Oc4ccccc4)cc3)CC2)ccc1O. The van der Waals surface area contributed by atoms with E-state index in [0.717, 1.165) is 29.0 Å². The monoisotopic (exact) mass is 427 g/mol. The van der Waals surface area contributed by atoms with Crippen molar-refractivity contribution < 1.29 is 19.4 Å². The van der Waals surface area contributed by atoms with E-state index in [2.05, 4.69) is 18.2 Å². The van der Waals surface area contributed by atoms with Gasteiger partial charge in [0.2, 0.25) is 5.91 Å². The largest absolute Gasteiger partial charge is 0.504 e. The summed E-state index contributed by atoms with van der Waals surface area (Å²) < 4.78 is 11.0. The molecule has 5 heteroatoms. The second-order valence-corrected chi connectivity index (χ2v) is 7.47. The average Bonchev–Trinajstić information content (AvgIpc) is 2.84. The molecule has 0 saturated heterocycles. The van der Waals surface area contributed by atoms with E-state index in [9.17, 15) is 9.90 Å². The third kappa shape index (κ3) is 5.19. The number of hydrogen-bond donors (Lipinski definition) is 1. The number of phenols is 1. The number of nitrogens with zero attached hydrogens (tertiary/aromatic N) is 1. The molecule has 32 heavy (non-hydrogen) atoms. The molecule has 0 aliphatic carbocycles. The third-order valence-corrected chi connectivity index (χ3v) is 5.35. The van der Waals surface area contributed by atoms with Crippen molar-refractivity contribution in [2.75, 3.05) is 20.2 Å². The molecular weight excluding hydrogens is 402 g/mol. The molecule has 1 aliphatic rings. The molecule has 5 nitrogen and oxygen atoms in total. The summed E-state index contributed by atoms with van der Waals surface area (Å²) >= 11 is 0. The Hall–Kier alpha value is -3.99. The molecule has 0 radical (unpaired) electrons. The highest BCUT2D eigenvalue weighted by atomic mass is 16.5. The van der Waals surface area contributed by atoms with Crippen LogP contribution in [0.4, 0.5) is 0 Å². The van der Waals surface area contributed by atoms with Gasteiger partial charge in [-0.2, -0.15) is 0 Å². The van der Waals surface area contributed by atoms with Gasteiger partial charge in [-0.1, -0.05) is 42.5 Å². The molecule has 0 fully saturated rings. The van der Waals surface area contributed by atoms with Gasteiger partial charge in [0.05, 0.1) is 7.11 Å². The lowest BCUT2D eigenvalue weighted by molar-refractivity contribution is -0.125. The standard InChI is InChI=1S/C27H25NO4/c1-31-26-19-20(7-13-25(26)29)8-14-27(30)28-17-15-22(16-18-28)21-9-11-24(12-10-21)32-23-5-3-2-4-6-23/h2-15,19,29H,16-18H2,1H3/b14-8+.